The van der Waals surface area contributed by atoms with Gasteiger partial charge in [0.2, 0.25) is 0 Å². The Bertz CT molecular complexity index is 739. The molecule has 0 radical (unpaired) electrons. The quantitative estimate of drug-likeness (QED) is 0.893. The molecule has 7 heteroatoms. The number of benzene rings is 1. The zero-order valence-corrected chi connectivity index (χ0v) is 14.0. The number of carbonyl (C=O) groups excluding carboxylic acids is 1. The highest BCUT2D eigenvalue weighted by molar-refractivity contribution is 5.94. The summed E-state index contributed by atoms with van der Waals surface area (Å²) >= 11 is 0. The number of aromatic nitrogens is 3. The van der Waals surface area contributed by atoms with Crippen LogP contribution in [-0.2, 0) is 4.74 Å². The fourth-order valence-electron chi connectivity index (χ4n) is 3.79. The van der Waals surface area contributed by atoms with Gasteiger partial charge < -0.3 is 14.7 Å². The van der Waals surface area contributed by atoms with Crippen LogP contribution in [0.4, 0.5) is 0 Å². The molecule has 1 atom stereocenters. The normalized spacial score (nSPS) is 22.9. The Morgan fingerprint density at radius 1 is 1.24 bits per heavy atom. The predicted molar refractivity (Wildman–Crippen MR) is 90.4 cm³/mol. The van der Waals surface area contributed by atoms with Crippen molar-refractivity contribution in [2.75, 3.05) is 19.7 Å². The Labute approximate surface area is 146 Å². The number of hydrogen-bond donors (Lipinski definition) is 1. The molecule has 25 heavy (non-hydrogen) atoms. The van der Waals surface area contributed by atoms with Crippen LogP contribution in [-0.4, -0.2) is 62.1 Å². The third-order valence-corrected chi connectivity index (χ3v) is 5.33. The van der Waals surface area contributed by atoms with Crippen molar-refractivity contribution in [3.63, 3.8) is 0 Å². The highest BCUT2D eigenvalue weighted by atomic mass is 16.5. The van der Waals surface area contributed by atoms with Crippen molar-refractivity contribution in [2.24, 2.45) is 0 Å². The van der Waals surface area contributed by atoms with Crippen LogP contribution in [0.5, 0.6) is 0 Å². The fourth-order valence-corrected chi connectivity index (χ4v) is 3.79. The minimum Gasteiger partial charge on any atom is -0.390 e. The summed E-state index contributed by atoms with van der Waals surface area (Å²) in [5, 5.41) is 17.9. The third kappa shape index (κ3) is 3.05. The van der Waals surface area contributed by atoms with Crippen molar-refractivity contribution in [3.05, 3.63) is 42.5 Å². The largest absolute Gasteiger partial charge is 0.390 e. The van der Waals surface area contributed by atoms with Gasteiger partial charge in [-0.05, 0) is 43.9 Å². The number of likely N-dealkylation sites (tertiary alicyclic amines) is 1. The van der Waals surface area contributed by atoms with Crippen LogP contribution in [0.3, 0.4) is 0 Å². The van der Waals surface area contributed by atoms with Crippen LogP contribution in [0, 0.1) is 0 Å². The highest BCUT2D eigenvalue weighted by Gasteiger charge is 2.44. The molecule has 0 aliphatic carbocycles. The Morgan fingerprint density at radius 2 is 2.00 bits per heavy atom. The average molecular weight is 342 g/mol. The molecular formula is C18H22N4O3. The molecule has 132 valence electrons. The minimum absolute atomic E-state index is 0.00933. The van der Waals surface area contributed by atoms with Gasteiger partial charge in [-0.15, -0.1) is 10.2 Å². The Morgan fingerprint density at radius 3 is 2.72 bits per heavy atom. The lowest BCUT2D eigenvalue weighted by Gasteiger charge is -2.46. The molecule has 1 spiro atoms. The van der Waals surface area contributed by atoms with E-state index in [9.17, 15) is 9.90 Å². The molecule has 1 N–H and O–H groups in total. The summed E-state index contributed by atoms with van der Waals surface area (Å²) in [6.45, 7) is 1.91. The van der Waals surface area contributed by atoms with Crippen molar-refractivity contribution in [3.8, 4) is 5.69 Å². The lowest BCUT2D eigenvalue weighted by molar-refractivity contribution is -0.174. The van der Waals surface area contributed by atoms with Crippen LogP contribution in [0.1, 0.15) is 36.0 Å². The second-order valence-electron chi connectivity index (χ2n) is 6.78. The molecule has 7 nitrogen and oxygen atoms in total. The lowest BCUT2D eigenvalue weighted by Crippen LogP contribution is -2.56. The number of aliphatic hydroxyl groups is 1. The lowest BCUT2D eigenvalue weighted by atomic mass is 9.82. The zero-order chi connectivity index (χ0) is 17.3. The number of hydrogen-bond acceptors (Lipinski definition) is 5. The van der Waals surface area contributed by atoms with Crippen LogP contribution in [0.2, 0.25) is 0 Å². The first-order chi connectivity index (χ1) is 12.2. The zero-order valence-electron chi connectivity index (χ0n) is 14.0. The average Bonchev–Trinajstić information content (AvgIpc) is 3.19. The van der Waals surface area contributed by atoms with Crippen LogP contribution in [0.25, 0.3) is 5.69 Å². The van der Waals surface area contributed by atoms with E-state index in [1.807, 2.05) is 29.2 Å². The van der Waals surface area contributed by atoms with Crippen LogP contribution in [0.15, 0.2) is 36.9 Å². The van der Waals surface area contributed by atoms with Gasteiger partial charge in [0, 0.05) is 30.9 Å². The van der Waals surface area contributed by atoms with Gasteiger partial charge in [-0.1, -0.05) is 6.07 Å². The maximum Gasteiger partial charge on any atom is 0.253 e. The molecule has 1 aromatic heterocycles. The van der Waals surface area contributed by atoms with E-state index in [4.69, 9.17) is 4.74 Å². The fraction of sp³-hybridized carbons (Fsp3) is 0.500. The number of nitrogens with zero attached hydrogens (tertiary/aromatic N) is 4. The summed E-state index contributed by atoms with van der Waals surface area (Å²) in [4.78, 5) is 14.7. The highest BCUT2D eigenvalue weighted by Crippen LogP contribution is 2.35. The van der Waals surface area contributed by atoms with Crippen molar-refractivity contribution in [2.45, 2.75) is 37.4 Å². The molecule has 3 heterocycles. The first-order valence-electron chi connectivity index (χ1n) is 8.74. The van der Waals surface area contributed by atoms with E-state index in [2.05, 4.69) is 10.2 Å². The summed E-state index contributed by atoms with van der Waals surface area (Å²) < 4.78 is 7.69. The molecule has 2 fully saturated rings. The van der Waals surface area contributed by atoms with E-state index in [1.54, 1.807) is 17.2 Å². The van der Waals surface area contributed by atoms with Gasteiger partial charge in [-0.25, -0.2) is 0 Å². The summed E-state index contributed by atoms with van der Waals surface area (Å²) in [7, 11) is 0. The van der Waals surface area contributed by atoms with E-state index in [-0.39, 0.29) is 5.91 Å². The van der Waals surface area contributed by atoms with E-state index >= 15 is 0 Å². The number of ether oxygens (including phenoxy) is 1. The summed E-state index contributed by atoms with van der Waals surface area (Å²) in [5.41, 5.74) is 1.04. The van der Waals surface area contributed by atoms with Crippen molar-refractivity contribution < 1.29 is 14.6 Å². The van der Waals surface area contributed by atoms with Crippen molar-refractivity contribution >= 4 is 5.91 Å². The predicted octanol–water partition coefficient (Wildman–Crippen LogP) is 1.41. The molecule has 1 amide bonds. The van der Waals surface area contributed by atoms with Gasteiger partial charge in [0.05, 0.1) is 11.7 Å². The van der Waals surface area contributed by atoms with Crippen molar-refractivity contribution in [1.82, 2.24) is 19.7 Å². The molecule has 2 aromatic rings. The number of amides is 1. The van der Waals surface area contributed by atoms with Crippen LogP contribution < -0.4 is 0 Å². The van der Waals surface area contributed by atoms with Gasteiger partial charge in [0.1, 0.15) is 12.7 Å². The van der Waals surface area contributed by atoms with Gasteiger partial charge in [-0.2, -0.15) is 0 Å². The van der Waals surface area contributed by atoms with Crippen molar-refractivity contribution in [1.29, 1.82) is 0 Å². The monoisotopic (exact) mass is 342 g/mol. The molecular weight excluding hydrogens is 320 g/mol. The standard InChI is InChI=1S/C18H22N4O3/c23-16-5-2-10-25-18(16)6-8-21(9-7-18)17(24)14-3-1-4-15(11-14)22-12-19-20-13-22/h1,3-4,11-13,16,23H,2,5-10H2/t16-/m0/s1. The van der Waals surface area contributed by atoms with E-state index in [1.165, 1.54) is 0 Å². The topological polar surface area (TPSA) is 80.5 Å². The van der Waals surface area contributed by atoms with Gasteiger partial charge in [0.25, 0.3) is 5.91 Å². The Kier molecular flexibility index (Phi) is 4.27. The molecule has 0 bridgehead atoms. The molecule has 2 saturated heterocycles. The second kappa shape index (κ2) is 6.57. The minimum atomic E-state index is -0.459. The molecule has 1 aromatic carbocycles. The molecule has 4 rings (SSSR count). The molecule has 2 aliphatic heterocycles. The first-order valence-corrected chi connectivity index (χ1v) is 8.74. The molecule has 0 saturated carbocycles. The summed E-state index contributed by atoms with van der Waals surface area (Å²) in [5.74, 6) is 0.00933. The smallest absolute Gasteiger partial charge is 0.253 e. The molecule has 0 unspecified atom stereocenters. The summed E-state index contributed by atoms with van der Waals surface area (Å²) in [6.07, 6.45) is 5.86. The summed E-state index contributed by atoms with van der Waals surface area (Å²) in [6, 6.07) is 7.45. The SMILES string of the molecule is O=C(c1cccc(-n2cnnc2)c1)N1CCC2(CC1)OCCC[C@@H]2O. The Hall–Kier alpha value is -2.25. The maximum atomic E-state index is 12.9. The van der Waals surface area contributed by atoms with Gasteiger partial charge in [-0.3, -0.25) is 9.36 Å². The second-order valence-corrected chi connectivity index (χ2v) is 6.78. The maximum absolute atomic E-state index is 12.9. The first kappa shape index (κ1) is 16.2. The van der Waals surface area contributed by atoms with E-state index in [0.717, 1.165) is 18.5 Å². The van der Waals surface area contributed by atoms with E-state index < -0.39 is 11.7 Å². The van der Waals surface area contributed by atoms with Crippen LogP contribution >= 0.6 is 0 Å². The number of carbonyl (C=O) groups is 1. The Balaban J connectivity index is 1.47. The van der Waals surface area contributed by atoms with Gasteiger partial charge >= 0.3 is 0 Å². The number of piperidine rings is 1. The number of rotatable bonds is 2. The van der Waals surface area contributed by atoms with Gasteiger partial charge in [0.15, 0.2) is 0 Å². The number of aliphatic hydroxyl groups excluding tert-OH is 1. The third-order valence-electron chi connectivity index (χ3n) is 5.33. The molecule has 2 aliphatic rings. The van der Waals surface area contributed by atoms with E-state index in [0.29, 0.717) is 38.1 Å².